The van der Waals surface area contributed by atoms with Crippen LogP contribution in [0.5, 0.6) is 5.75 Å². The number of benzene rings is 1. The Labute approximate surface area is 118 Å². The molecule has 0 radical (unpaired) electrons. The van der Waals surface area contributed by atoms with Gasteiger partial charge in [0.2, 0.25) is 0 Å². The van der Waals surface area contributed by atoms with Crippen molar-refractivity contribution in [1.82, 2.24) is 10.4 Å². The summed E-state index contributed by atoms with van der Waals surface area (Å²) in [6.45, 7) is 0. The first-order chi connectivity index (χ1) is 9.16. The van der Waals surface area contributed by atoms with Gasteiger partial charge in [0.15, 0.2) is 0 Å². The molecule has 0 fully saturated rings. The number of rotatable bonds is 3. The SMILES string of the molecule is O=C(N/N=C\c1cc(Br)ccc1O)c1ccncc1. The number of carbonyl (C=O) groups is 1. The second kappa shape index (κ2) is 6.10. The number of phenols is 1. The molecule has 2 N–H and O–H groups in total. The molecule has 0 aliphatic heterocycles. The lowest BCUT2D eigenvalue weighted by Crippen LogP contribution is -2.17. The van der Waals surface area contributed by atoms with E-state index in [9.17, 15) is 9.90 Å². The fourth-order valence-electron chi connectivity index (χ4n) is 1.36. The molecule has 0 unspecified atom stereocenters. The van der Waals surface area contributed by atoms with Crippen LogP contribution in [0.3, 0.4) is 0 Å². The third-order valence-corrected chi connectivity index (χ3v) is 2.80. The van der Waals surface area contributed by atoms with Gasteiger partial charge < -0.3 is 5.11 Å². The summed E-state index contributed by atoms with van der Waals surface area (Å²) in [5.74, 6) is -0.252. The molecule has 0 atom stereocenters. The van der Waals surface area contributed by atoms with Crippen LogP contribution in [0, 0.1) is 0 Å². The number of carbonyl (C=O) groups excluding carboxylic acids is 1. The standard InChI is InChI=1S/C13H10BrN3O2/c14-11-1-2-12(18)10(7-11)8-16-17-13(19)9-3-5-15-6-4-9/h1-8,18H,(H,17,19)/b16-8-. The Hall–Kier alpha value is -2.21. The maximum Gasteiger partial charge on any atom is 0.271 e. The Morgan fingerprint density at radius 3 is 2.79 bits per heavy atom. The van der Waals surface area contributed by atoms with Crippen LogP contribution in [0.15, 0.2) is 52.3 Å². The van der Waals surface area contributed by atoms with Crippen molar-refractivity contribution in [2.75, 3.05) is 0 Å². The van der Waals surface area contributed by atoms with Crippen LogP contribution in [-0.2, 0) is 0 Å². The summed E-state index contributed by atoms with van der Waals surface area (Å²) in [5, 5.41) is 13.4. The maximum absolute atomic E-state index is 11.7. The van der Waals surface area contributed by atoms with Gasteiger partial charge in [0.1, 0.15) is 5.75 Å². The molecule has 0 bridgehead atoms. The van der Waals surface area contributed by atoms with Crippen molar-refractivity contribution < 1.29 is 9.90 Å². The van der Waals surface area contributed by atoms with E-state index in [4.69, 9.17) is 0 Å². The van der Waals surface area contributed by atoms with Crippen LogP contribution in [0.1, 0.15) is 15.9 Å². The molecular weight excluding hydrogens is 310 g/mol. The lowest BCUT2D eigenvalue weighted by atomic mass is 10.2. The van der Waals surface area contributed by atoms with E-state index >= 15 is 0 Å². The van der Waals surface area contributed by atoms with Gasteiger partial charge in [-0.3, -0.25) is 9.78 Å². The molecular formula is C13H10BrN3O2. The maximum atomic E-state index is 11.7. The van der Waals surface area contributed by atoms with Gasteiger partial charge in [-0.15, -0.1) is 0 Å². The fraction of sp³-hybridized carbons (Fsp3) is 0. The third kappa shape index (κ3) is 3.62. The van der Waals surface area contributed by atoms with Crippen molar-refractivity contribution in [1.29, 1.82) is 0 Å². The number of amides is 1. The van der Waals surface area contributed by atoms with Gasteiger partial charge in [0, 0.05) is 28.0 Å². The summed E-state index contributed by atoms with van der Waals surface area (Å²) in [6, 6.07) is 8.11. The molecule has 2 aromatic rings. The number of nitrogens with one attached hydrogen (secondary N) is 1. The minimum atomic E-state index is -0.340. The van der Waals surface area contributed by atoms with Gasteiger partial charge in [-0.05, 0) is 30.3 Å². The largest absolute Gasteiger partial charge is 0.507 e. The predicted octanol–water partition coefficient (Wildman–Crippen LogP) is 2.31. The van der Waals surface area contributed by atoms with Crippen LogP contribution >= 0.6 is 15.9 Å². The molecule has 1 amide bonds. The van der Waals surface area contributed by atoms with Crippen LogP contribution in [0.25, 0.3) is 0 Å². The van der Waals surface area contributed by atoms with Crippen LogP contribution in [-0.4, -0.2) is 22.2 Å². The number of hydrazone groups is 1. The van der Waals surface area contributed by atoms with Crippen LogP contribution in [0.2, 0.25) is 0 Å². The number of halogens is 1. The molecule has 1 heterocycles. The van der Waals surface area contributed by atoms with Crippen molar-refractivity contribution in [2.24, 2.45) is 5.10 Å². The normalized spacial score (nSPS) is 10.6. The summed E-state index contributed by atoms with van der Waals surface area (Å²) in [6.07, 6.45) is 4.43. The smallest absolute Gasteiger partial charge is 0.271 e. The van der Waals surface area contributed by atoms with Gasteiger partial charge in [0.25, 0.3) is 5.91 Å². The molecule has 0 aliphatic rings. The lowest BCUT2D eigenvalue weighted by Gasteiger charge is -2.00. The highest BCUT2D eigenvalue weighted by molar-refractivity contribution is 9.10. The van der Waals surface area contributed by atoms with Gasteiger partial charge in [0.05, 0.1) is 6.21 Å². The number of hydrogen-bond donors (Lipinski definition) is 2. The first-order valence-electron chi connectivity index (χ1n) is 5.39. The molecule has 0 aliphatic carbocycles. The lowest BCUT2D eigenvalue weighted by molar-refractivity contribution is 0.0955. The predicted molar refractivity (Wildman–Crippen MR) is 75.1 cm³/mol. The first-order valence-corrected chi connectivity index (χ1v) is 6.18. The first kappa shape index (κ1) is 13.2. The molecule has 5 nitrogen and oxygen atoms in total. The number of hydrogen-bond acceptors (Lipinski definition) is 4. The molecule has 0 saturated carbocycles. The number of pyridine rings is 1. The summed E-state index contributed by atoms with van der Waals surface area (Å²) >= 11 is 3.29. The van der Waals surface area contributed by atoms with Crippen molar-refractivity contribution in [3.63, 3.8) is 0 Å². The Bertz CT molecular complexity index is 615. The van der Waals surface area contributed by atoms with E-state index in [1.807, 2.05) is 0 Å². The number of aromatic nitrogens is 1. The number of nitrogens with zero attached hydrogens (tertiary/aromatic N) is 2. The molecule has 1 aromatic carbocycles. The number of aromatic hydroxyl groups is 1. The molecule has 1 aromatic heterocycles. The summed E-state index contributed by atoms with van der Waals surface area (Å²) in [7, 11) is 0. The minimum Gasteiger partial charge on any atom is -0.507 e. The molecule has 2 rings (SSSR count). The molecule has 0 spiro atoms. The van der Waals surface area contributed by atoms with E-state index in [2.05, 4.69) is 31.4 Å². The number of phenolic OH excluding ortho intramolecular Hbond substituents is 1. The Kier molecular flexibility index (Phi) is 4.25. The van der Waals surface area contributed by atoms with Gasteiger partial charge in [-0.1, -0.05) is 15.9 Å². The Balaban J connectivity index is 2.04. The second-order valence-electron chi connectivity index (χ2n) is 3.64. The molecule has 0 saturated heterocycles. The van der Waals surface area contributed by atoms with Crippen molar-refractivity contribution >= 4 is 28.1 Å². The van der Waals surface area contributed by atoms with Gasteiger partial charge in [-0.25, -0.2) is 5.43 Å². The zero-order valence-electron chi connectivity index (χ0n) is 9.75. The van der Waals surface area contributed by atoms with E-state index in [-0.39, 0.29) is 11.7 Å². The zero-order valence-corrected chi connectivity index (χ0v) is 11.3. The fourth-order valence-corrected chi connectivity index (χ4v) is 1.74. The summed E-state index contributed by atoms with van der Waals surface area (Å²) in [5.41, 5.74) is 3.34. The van der Waals surface area contributed by atoms with E-state index in [0.29, 0.717) is 11.1 Å². The highest BCUT2D eigenvalue weighted by Crippen LogP contribution is 2.19. The average Bonchev–Trinajstić information content (AvgIpc) is 2.43. The second-order valence-corrected chi connectivity index (χ2v) is 4.55. The topological polar surface area (TPSA) is 74.6 Å². The summed E-state index contributed by atoms with van der Waals surface area (Å²) < 4.78 is 0.812. The van der Waals surface area contributed by atoms with E-state index in [0.717, 1.165) is 4.47 Å². The highest BCUT2D eigenvalue weighted by Gasteiger charge is 2.03. The quantitative estimate of drug-likeness (QED) is 0.673. The monoisotopic (exact) mass is 319 g/mol. The average molecular weight is 320 g/mol. The third-order valence-electron chi connectivity index (χ3n) is 2.30. The Morgan fingerprint density at radius 2 is 2.05 bits per heavy atom. The van der Waals surface area contributed by atoms with E-state index in [1.54, 1.807) is 24.3 Å². The van der Waals surface area contributed by atoms with Crippen molar-refractivity contribution in [2.45, 2.75) is 0 Å². The van der Waals surface area contributed by atoms with Gasteiger partial charge >= 0.3 is 0 Å². The van der Waals surface area contributed by atoms with E-state index in [1.165, 1.54) is 24.7 Å². The van der Waals surface area contributed by atoms with Crippen LogP contribution < -0.4 is 5.43 Å². The van der Waals surface area contributed by atoms with Crippen LogP contribution in [0.4, 0.5) is 0 Å². The molecule has 6 heteroatoms. The van der Waals surface area contributed by atoms with E-state index < -0.39 is 0 Å². The van der Waals surface area contributed by atoms with Crippen molar-refractivity contribution in [3.05, 3.63) is 58.3 Å². The molecule has 96 valence electrons. The van der Waals surface area contributed by atoms with Gasteiger partial charge in [-0.2, -0.15) is 5.10 Å². The molecule has 19 heavy (non-hydrogen) atoms. The summed E-state index contributed by atoms with van der Waals surface area (Å²) in [4.78, 5) is 15.5. The minimum absolute atomic E-state index is 0.0881. The Morgan fingerprint density at radius 1 is 1.32 bits per heavy atom. The zero-order chi connectivity index (χ0) is 13.7. The van der Waals surface area contributed by atoms with Crippen molar-refractivity contribution in [3.8, 4) is 5.75 Å². The highest BCUT2D eigenvalue weighted by atomic mass is 79.9.